The second-order valence-electron chi connectivity index (χ2n) is 5.99. The molecule has 1 nitrogen and oxygen atoms in total. The number of benzene rings is 1. The molecule has 1 spiro atoms. The lowest BCUT2D eigenvalue weighted by Crippen LogP contribution is -2.16. The highest BCUT2D eigenvalue weighted by molar-refractivity contribution is 5.60. The van der Waals surface area contributed by atoms with E-state index in [4.69, 9.17) is 0 Å². The van der Waals surface area contributed by atoms with Crippen LogP contribution >= 0.6 is 0 Å². The topological polar surface area (TPSA) is 17.1 Å². The van der Waals surface area contributed by atoms with Crippen molar-refractivity contribution in [3.63, 3.8) is 0 Å². The van der Waals surface area contributed by atoms with Gasteiger partial charge >= 0.3 is 0 Å². The molecule has 2 aliphatic rings. The van der Waals surface area contributed by atoms with Gasteiger partial charge in [-0.05, 0) is 55.9 Å². The summed E-state index contributed by atoms with van der Waals surface area (Å²) >= 11 is 0. The summed E-state index contributed by atoms with van der Waals surface area (Å²) in [6.45, 7) is 2.14. The largest absolute Gasteiger partial charge is 0.303 e. The van der Waals surface area contributed by atoms with Crippen LogP contribution in [0.25, 0.3) is 0 Å². The van der Waals surface area contributed by atoms with Crippen LogP contribution in [0.3, 0.4) is 0 Å². The van der Waals surface area contributed by atoms with E-state index in [-0.39, 0.29) is 0 Å². The predicted molar refractivity (Wildman–Crippen MR) is 69.0 cm³/mol. The SMILES string of the molecule is Cc1ccc(C2CCC3(CC2)CC3C=O)cc1. The van der Waals surface area contributed by atoms with E-state index >= 15 is 0 Å². The van der Waals surface area contributed by atoms with Crippen LogP contribution in [0, 0.1) is 18.3 Å². The van der Waals surface area contributed by atoms with Crippen LogP contribution < -0.4 is 0 Å². The average molecular weight is 228 g/mol. The summed E-state index contributed by atoms with van der Waals surface area (Å²) < 4.78 is 0. The van der Waals surface area contributed by atoms with E-state index < -0.39 is 0 Å². The van der Waals surface area contributed by atoms with Crippen molar-refractivity contribution in [2.24, 2.45) is 11.3 Å². The molecule has 0 heterocycles. The third-order valence-corrected chi connectivity index (χ3v) is 4.95. The Morgan fingerprint density at radius 1 is 1.18 bits per heavy atom. The summed E-state index contributed by atoms with van der Waals surface area (Å²) in [5.41, 5.74) is 3.26. The molecule has 1 atom stereocenters. The van der Waals surface area contributed by atoms with Gasteiger partial charge in [0.15, 0.2) is 0 Å². The van der Waals surface area contributed by atoms with Gasteiger partial charge < -0.3 is 4.79 Å². The van der Waals surface area contributed by atoms with Crippen molar-refractivity contribution in [3.8, 4) is 0 Å². The fourth-order valence-electron chi connectivity index (χ4n) is 3.51. The number of rotatable bonds is 2. The second kappa shape index (κ2) is 3.97. The first-order valence-corrected chi connectivity index (χ1v) is 6.75. The highest BCUT2D eigenvalue weighted by atomic mass is 16.1. The highest BCUT2D eigenvalue weighted by Gasteiger charge is 2.54. The van der Waals surface area contributed by atoms with Crippen molar-refractivity contribution in [3.05, 3.63) is 35.4 Å². The second-order valence-corrected chi connectivity index (χ2v) is 5.99. The number of hydrogen-bond donors (Lipinski definition) is 0. The number of carbonyl (C=O) groups excluding carboxylic acids is 1. The highest BCUT2D eigenvalue weighted by Crippen LogP contribution is 2.62. The van der Waals surface area contributed by atoms with Crippen LogP contribution in [-0.2, 0) is 4.79 Å². The lowest BCUT2D eigenvalue weighted by atomic mass is 9.76. The Morgan fingerprint density at radius 2 is 1.82 bits per heavy atom. The van der Waals surface area contributed by atoms with Gasteiger partial charge in [0, 0.05) is 5.92 Å². The summed E-state index contributed by atoms with van der Waals surface area (Å²) in [4.78, 5) is 10.8. The Morgan fingerprint density at radius 3 is 2.35 bits per heavy atom. The number of carbonyl (C=O) groups is 1. The molecular weight excluding hydrogens is 208 g/mol. The first-order chi connectivity index (χ1) is 8.23. The van der Waals surface area contributed by atoms with E-state index in [1.165, 1.54) is 43.1 Å². The first kappa shape index (κ1) is 11.0. The van der Waals surface area contributed by atoms with Crippen LogP contribution in [-0.4, -0.2) is 6.29 Å². The molecule has 1 aromatic rings. The minimum absolute atomic E-state index is 0.390. The van der Waals surface area contributed by atoms with Gasteiger partial charge in [0.25, 0.3) is 0 Å². The average Bonchev–Trinajstić information content (AvgIpc) is 3.05. The van der Waals surface area contributed by atoms with Gasteiger partial charge in [0.2, 0.25) is 0 Å². The van der Waals surface area contributed by atoms with Crippen LogP contribution in [0.2, 0.25) is 0 Å². The molecule has 1 unspecified atom stereocenters. The van der Waals surface area contributed by atoms with Gasteiger partial charge in [0.1, 0.15) is 6.29 Å². The molecule has 0 saturated heterocycles. The maximum absolute atomic E-state index is 10.8. The molecule has 0 N–H and O–H groups in total. The zero-order valence-electron chi connectivity index (χ0n) is 10.5. The van der Waals surface area contributed by atoms with Crippen molar-refractivity contribution in [2.75, 3.05) is 0 Å². The van der Waals surface area contributed by atoms with E-state index in [1.54, 1.807) is 0 Å². The predicted octanol–water partition coefficient (Wildman–Crippen LogP) is 3.86. The fraction of sp³-hybridized carbons (Fsp3) is 0.562. The van der Waals surface area contributed by atoms with E-state index in [0.29, 0.717) is 11.3 Å². The Labute approximate surface area is 103 Å². The Hall–Kier alpha value is -1.11. The zero-order chi connectivity index (χ0) is 11.9. The lowest BCUT2D eigenvalue weighted by molar-refractivity contribution is -0.109. The van der Waals surface area contributed by atoms with Crippen molar-refractivity contribution in [1.29, 1.82) is 0 Å². The standard InChI is InChI=1S/C16H20O/c1-12-2-4-13(5-3-12)14-6-8-16(9-7-14)10-15(16)11-17/h2-5,11,14-15H,6-10H2,1H3. The molecule has 1 aromatic carbocycles. The molecule has 2 aliphatic carbocycles. The van der Waals surface area contributed by atoms with Gasteiger partial charge in [-0.3, -0.25) is 0 Å². The monoisotopic (exact) mass is 228 g/mol. The van der Waals surface area contributed by atoms with Crippen LogP contribution in [0.15, 0.2) is 24.3 Å². The fourth-order valence-corrected chi connectivity index (χ4v) is 3.51. The van der Waals surface area contributed by atoms with Gasteiger partial charge in [-0.25, -0.2) is 0 Å². The molecule has 0 aromatic heterocycles. The molecule has 17 heavy (non-hydrogen) atoms. The van der Waals surface area contributed by atoms with E-state index in [1.807, 2.05) is 0 Å². The van der Waals surface area contributed by atoms with Crippen LogP contribution in [0.5, 0.6) is 0 Å². The first-order valence-electron chi connectivity index (χ1n) is 6.75. The Kier molecular flexibility index (Phi) is 2.57. The number of aryl methyl sites for hydroxylation is 1. The summed E-state index contributed by atoms with van der Waals surface area (Å²) in [7, 11) is 0. The zero-order valence-corrected chi connectivity index (χ0v) is 10.5. The molecule has 2 saturated carbocycles. The molecule has 0 aliphatic heterocycles. The molecule has 3 rings (SSSR count). The Balaban J connectivity index is 1.65. The Bertz CT molecular complexity index is 410. The van der Waals surface area contributed by atoms with Gasteiger partial charge in [-0.15, -0.1) is 0 Å². The van der Waals surface area contributed by atoms with Crippen molar-refractivity contribution < 1.29 is 4.79 Å². The van der Waals surface area contributed by atoms with Crippen molar-refractivity contribution in [1.82, 2.24) is 0 Å². The molecule has 2 fully saturated rings. The van der Waals surface area contributed by atoms with E-state index in [0.717, 1.165) is 12.3 Å². The summed E-state index contributed by atoms with van der Waals surface area (Å²) in [5, 5.41) is 0. The number of aldehydes is 1. The summed E-state index contributed by atoms with van der Waals surface area (Å²) in [5.74, 6) is 1.12. The maximum Gasteiger partial charge on any atom is 0.123 e. The maximum atomic E-state index is 10.8. The molecule has 0 amide bonds. The lowest BCUT2D eigenvalue weighted by Gasteiger charge is -2.29. The third kappa shape index (κ3) is 1.92. The molecule has 0 radical (unpaired) electrons. The molecule has 90 valence electrons. The van der Waals surface area contributed by atoms with E-state index in [2.05, 4.69) is 31.2 Å². The summed E-state index contributed by atoms with van der Waals surface area (Å²) in [6.07, 6.45) is 7.41. The summed E-state index contributed by atoms with van der Waals surface area (Å²) in [6, 6.07) is 8.99. The molecule has 0 bridgehead atoms. The van der Waals surface area contributed by atoms with Crippen LogP contribution in [0.4, 0.5) is 0 Å². The number of hydrogen-bond acceptors (Lipinski definition) is 1. The smallest absolute Gasteiger partial charge is 0.123 e. The minimum atomic E-state index is 0.390. The van der Waals surface area contributed by atoms with Crippen molar-refractivity contribution >= 4 is 6.29 Å². The molecule has 1 heteroatoms. The third-order valence-electron chi connectivity index (χ3n) is 4.95. The minimum Gasteiger partial charge on any atom is -0.303 e. The normalized spacial score (nSPS) is 35.8. The van der Waals surface area contributed by atoms with Gasteiger partial charge in [-0.1, -0.05) is 29.8 Å². The quantitative estimate of drug-likeness (QED) is 0.702. The van der Waals surface area contributed by atoms with Crippen LogP contribution in [0.1, 0.15) is 49.1 Å². The van der Waals surface area contributed by atoms with Gasteiger partial charge in [0.05, 0.1) is 0 Å². The molecular formula is C16H20O. The van der Waals surface area contributed by atoms with Gasteiger partial charge in [-0.2, -0.15) is 0 Å². The van der Waals surface area contributed by atoms with Crippen molar-refractivity contribution in [2.45, 2.75) is 44.9 Å². The van der Waals surface area contributed by atoms with E-state index in [9.17, 15) is 4.79 Å².